The summed E-state index contributed by atoms with van der Waals surface area (Å²) in [6, 6.07) is 9.17. The van der Waals surface area contributed by atoms with Crippen LogP contribution in [0.2, 0.25) is 0 Å². The number of nitrogens with zero attached hydrogens (tertiary/aromatic N) is 3. The van der Waals surface area contributed by atoms with Crippen molar-refractivity contribution in [1.29, 1.82) is 0 Å². The first-order valence-corrected chi connectivity index (χ1v) is 11.8. The van der Waals surface area contributed by atoms with E-state index in [1.165, 1.54) is 7.11 Å². The molecule has 3 atom stereocenters. The quantitative estimate of drug-likeness (QED) is 0.674. The molecule has 0 unspecified atom stereocenters. The van der Waals surface area contributed by atoms with Gasteiger partial charge in [-0.3, -0.25) is 19.5 Å². The second kappa shape index (κ2) is 12.6. The van der Waals surface area contributed by atoms with Crippen LogP contribution in [0.3, 0.4) is 0 Å². The van der Waals surface area contributed by atoms with Crippen LogP contribution in [0.15, 0.2) is 42.7 Å². The lowest BCUT2D eigenvalue weighted by Gasteiger charge is -2.36. The Balaban J connectivity index is 1.92. The Morgan fingerprint density at radius 3 is 2.71 bits per heavy atom. The molecule has 1 aromatic heterocycles. The van der Waals surface area contributed by atoms with E-state index in [1.54, 1.807) is 43.5 Å². The molecule has 190 valence electrons. The van der Waals surface area contributed by atoms with Crippen LogP contribution >= 0.6 is 0 Å². The van der Waals surface area contributed by atoms with E-state index in [0.717, 1.165) is 18.7 Å². The molecule has 1 aliphatic heterocycles. The van der Waals surface area contributed by atoms with E-state index in [4.69, 9.17) is 14.2 Å². The van der Waals surface area contributed by atoms with Crippen molar-refractivity contribution in [3.05, 3.63) is 53.9 Å². The molecule has 1 N–H and O–H groups in total. The fourth-order valence-electron chi connectivity index (χ4n) is 4.20. The van der Waals surface area contributed by atoms with Gasteiger partial charge in [-0.1, -0.05) is 13.0 Å². The van der Waals surface area contributed by atoms with Crippen molar-refractivity contribution in [2.75, 3.05) is 52.9 Å². The average Bonchev–Trinajstić information content (AvgIpc) is 2.85. The van der Waals surface area contributed by atoms with Crippen LogP contribution in [0.5, 0.6) is 5.75 Å². The number of methoxy groups -OCH3 is 2. The van der Waals surface area contributed by atoms with Gasteiger partial charge < -0.3 is 24.4 Å². The molecule has 35 heavy (non-hydrogen) atoms. The van der Waals surface area contributed by atoms with Gasteiger partial charge in [0.25, 0.3) is 5.91 Å². The van der Waals surface area contributed by atoms with Gasteiger partial charge in [-0.25, -0.2) is 0 Å². The fraction of sp³-hybridized carbons (Fsp3) is 0.500. The molecule has 1 aromatic carbocycles. The number of ether oxygens (including phenoxy) is 3. The van der Waals surface area contributed by atoms with Crippen molar-refractivity contribution in [1.82, 2.24) is 14.8 Å². The predicted molar refractivity (Wildman–Crippen MR) is 133 cm³/mol. The third-order valence-corrected chi connectivity index (χ3v) is 6.24. The van der Waals surface area contributed by atoms with Crippen LogP contribution in [0.1, 0.15) is 29.8 Å². The van der Waals surface area contributed by atoms with E-state index in [9.17, 15) is 9.59 Å². The summed E-state index contributed by atoms with van der Waals surface area (Å²) in [5.74, 6) is 0.142. The highest BCUT2D eigenvalue weighted by Crippen LogP contribution is 2.26. The molecular weight excluding hydrogens is 448 g/mol. The number of pyridine rings is 1. The summed E-state index contributed by atoms with van der Waals surface area (Å²) in [6.07, 6.45) is 3.50. The molecule has 3 rings (SSSR count). The van der Waals surface area contributed by atoms with Gasteiger partial charge in [0.05, 0.1) is 11.7 Å². The van der Waals surface area contributed by atoms with Gasteiger partial charge in [-0.05, 0) is 42.7 Å². The molecule has 0 spiro atoms. The summed E-state index contributed by atoms with van der Waals surface area (Å²) < 4.78 is 16.9. The predicted octanol–water partition coefficient (Wildman–Crippen LogP) is 2.67. The number of carbonyl (C=O) groups excluding carboxylic acids is 2. The van der Waals surface area contributed by atoms with Crippen molar-refractivity contribution in [2.24, 2.45) is 5.92 Å². The molecule has 0 radical (unpaired) electrons. The third kappa shape index (κ3) is 7.24. The highest BCUT2D eigenvalue weighted by Gasteiger charge is 2.28. The van der Waals surface area contributed by atoms with Gasteiger partial charge in [0, 0.05) is 65.0 Å². The Bertz CT molecular complexity index is 987. The molecule has 2 aromatic rings. The highest BCUT2D eigenvalue weighted by atomic mass is 16.5. The number of fused-ring (bicyclic) bond motifs is 1. The lowest BCUT2D eigenvalue weighted by atomic mass is 10.0. The summed E-state index contributed by atoms with van der Waals surface area (Å²) >= 11 is 0. The lowest BCUT2D eigenvalue weighted by molar-refractivity contribution is -0.119. The smallest absolute Gasteiger partial charge is 0.257 e. The van der Waals surface area contributed by atoms with Crippen LogP contribution in [0.4, 0.5) is 5.69 Å². The summed E-state index contributed by atoms with van der Waals surface area (Å²) in [7, 11) is 4.89. The van der Waals surface area contributed by atoms with E-state index in [-0.39, 0.29) is 36.5 Å². The molecule has 9 nitrogen and oxygen atoms in total. The molecule has 0 saturated carbocycles. The fourth-order valence-corrected chi connectivity index (χ4v) is 4.20. The number of carbonyl (C=O) groups is 2. The van der Waals surface area contributed by atoms with Gasteiger partial charge in [0.1, 0.15) is 19.0 Å². The summed E-state index contributed by atoms with van der Waals surface area (Å²) in [5.41, 5.74) is 2.01. The number of nitrogens with one attached hydrogen (secondary N) is 1. The van der Waals surface area contributed by atoms with Crippen molar-refractivity contribution in [3.63, 3.8) is 0 Å². The molecule has 0 bridgehead atoms. The Hall–Kier alpha value is -3.01. The summed E-state index contributed by atoms with van der Waals surface area (Å²) in [6.45, 7) is 6.50. The minimum atomic E-state index is -0.296. The molecule has 2 heterocycles. The molecule has 2 amide bonds. The third-order valence-electron chi connectivity index (χ3n) is 6.24. The summed E-state index contributed by atoms with van der Waals surface area (Å²) in [4.78, 5) is 33.7. The van der Waals surface area contributed by atoms with Gasteiger partial charge in [0.2, 0.25) is 5.91 Å². The lowest BCUT2D eigenvalue weighted by Crippen LogP contribution is -2.46. The number of anilines is 1. The molecule has 9 heteroatoms. The molecule has 0 saturated heterocycles. The number of aromatic nitrogens is 1. The number of rotatable bonds is 6. The largest absolute Gasteiger partial charge is 0.491 e. The highest BCUT2D eigenvalue weighted by molar-refractivity contribution is 5.99. The Labute approximate surface area is 207 Å². The van der Waals surface area contributed by atoms with Crippen molar-refractivity contribution in [2.45, 2.75) is 32.5 Å². The SMILES string of the molecule is COCC(=O)Nc1ccc2c(c1)C(=O)N(C)C[C@@H](OC)[C@@H](C)CN(Cc1cccnc1)[C@H](C)CO2. The van der Waals surface area contributed by atoms with E-state index < -0.39 is 0 Å². The minimum Gasteiger partial charge on any atom is -0.491 e. The molecular formula is C26H36N4O5. The Kier molecular flexibility index (Phi) is 9.59. The standard InChI is InChI=1S/C26H36N4O5/c1-18-13-30(14-20-7-6-10-27-12-20)19(2)16-35-23-9-8-21(28-25(31)17-33-4)11-22(23)26(32)29(3)15-24(18)34-5/h6-12,18-19,24H,13-17H2,1-5H3,(H,28,31)/t18-,19+,24+/m0/s1. The van der Waals surface area contributed by atoms with Crippen molar-refractivity contribution < 1.29 is 23.8 Å². The van der Waals surface area contributed by atoms with E-state index >= 15 is 0 Å². The minimum absolute atomic E-state index is 0.0661. The first kappa shape index (κ1) is 26.6. The van der Waals surface area contributed by atoms with E-state index in [1.807, 2.05) is 12.3 Å². The Morgan fingerprint density at radius 1 is 1.23 bits per heavy atom. The van der Waals surface area contributed by atoms with Gasteiger partial charge in [-0.15, -0.1) is 0 Å². The average molecular weight is 485 g/mol. The van der Waals surface area contributed by atoms with Crippen molar-refractivity contribution >= 4 is 17.5 Å². The summed E-state index contributed by atoms with van der Waals surface area (Å²) in [5, 5.41) is 2.76. The van der Waals surface area contributed by atoms with Gasteiger partial charge in [0.15, 0.2) is 0 Å². The first-order chi connectivity index (χ1) is 16.8. The van der Waals surface area contributed by atoms with Crippen LogP contribution in [-0.4, -0.2) is 86.3 Å². The van der Waals surface area contributed by atoms with Crippen LogP contribution in [0, 0.1) is 5.92 Å². The van der Waals surface area contributed by atoms with Gasteiger partial charge in [-0.2, -0.15) is 0 Å². The van der Waals surface area contributed by atoms with Crippen LogP contribution < -0.4 is 10.1 Å². The number of amides is 2. The second-order valence-corrected chi connectivity index (χ2v) is 9.08. The number of benzene rings is 1. The molecule has 1 aliphatic rings. The topological polar surface area (TPSA) is 93.2 Å². The molecule has 0 fully saturated rings. The van der Waals surface area contributed by atoms with Crippen LogP contribution in [-0.2, 0) is 20.8 Å². The maximum atomic E-state index is 13.4. The molecule has 0 aliphatic carbocycles. The number of hydrogen-bond donors (Lipinski definition) is 1. The van der Waals surface area contributed by atoms with E-state index in [0.29, 0.717) is 30.2 Å². The maximum absolute atomic E-state index is 13.4. The van der Waals surface area contributed by atoms with Gasteiger partial charge >= 0.3 is 0 Å². The van der Waals surface area contributed by atoms with Crippen molar-refractivity contribution in [3.8, 4) is 5.75 Å². The zero-order chi connectivity index (χ0) is 25.4. The first-order valence-electron chi connectivity index (χ1n) is 11.8. The van der Waals surface area contributed by atoms with Crippen LogP contribution in [0.25, 0.3) is 0 Å². The normalized spacial score (nSPS) is 21.9. The van der Waals surface area contributed by atoms with E-state index in [2.05, 4.69) is 35.1 Å². The zero-order valence-corrected chi connectivity index (χ0v) is 21.2. The zero-order valence-electron chi connectivity index (χ0n) is 21.2. The monoisotopic (exact) mass is 484 g/mol. The number of likely N-dealkylation sites (N-methyl/N-ethyl adjacent to an activating group) is 1. The maximum Gasteiger partial charge on any atom is 0.257 e. The number of hydrogen-bond acceptors (Lipinski definition) is 7. The second-order valence-electron chi connectivity index (χ2n) is 9.08. The Morgan fingerprint density at radius 2 is 2.03 bits per heavy atom.